The summed E-state index contributed by atoms with van der Waals surface area (Å²) in [7, 11) is 0. The number of allylic oxidation sites excluding steroid dienone is 3. The van der Waals surface area contributed by atoms with Gasteiger partial charge < -0.3 is 10.0 Å². The first-order chi connectivity index (χ1) is 14.1. The zero-order chi connectivity index (χ0) is 20.6. The first-order valence-corrected chi connectivity index (χ1v) is 12.1. The van der Waals surface area contributed by atoms with E-state index < -0.39 is 0 Å². The SMILES string of the molecule is C=CC1CC2=C/C(=N/O)CCC2C2CCC(CC)(CCCC=O)C(C3CC3C)C12. The molecule has 0 amide bonds. The fourth-order valence-electron chi connectivity index (χ4n) is 7.86. The van der Waals surface area contributed by atoms with Crippen molar-refractivity contribution < 1.29 is 10.0 Å². The van der Waals surface area contributed by atoms with Crippen molar-refractivity contribution in [2.75, 3.05) is 0 Å². The van der Waals surface area contributed by atoms with Gasteiger partial charge >= 0.3 is 0 Å². The summed E-state index contributed by atoms with van der Waals surface area (Å²) in [5.41, 5.74) is 2.79. The van der Waals surface area contributed by atoms with Gasteiger partial charge in [-0.05, 0) is 104 Å². The summed E-state index contributed by atoms with van der Waals surface area (Å²) in [5.74, 6) is 5.20. The van der Waals surface area contributed by atoms with E-state index in [4.69, 9.17) is 0 Å². The highest BCUT2D eigenvalue weighted by Crippen LogP contribution is 2.67. The molecule has 0 bridgehead atoms. The van der Waals surface area contributed by atoms with Gasteiger partial charge in [-0.25, -0.2) is 0 Å². The molecule has 0 aromatic carbocycles. The summed E-state index contributed by atoms with van der Waals surface area (Å²) in [5, 5.41) is 12.8. The van der Waals surface area contributed by atoms with Crippen LogP contribution in [-0.4, -0.2) is 17.2 Å². The monoisotopic (exact) mass is 397 g/mol. The van der Waals surface area contributed by atoms with Gasteiger partial charge in [0.15, 0.2) is 0 Å². The molecule has 3 fully saturated rings. The van der Waals surface area contributed by atoms with Crippen molar-refractivity contribution in [3.8, 4) is 0 Å². The Balaban J connectivity index is 1.69. The highest BCUT2D eigenvalue weighted by atomic mass is 16.4. The predicted octanol–water partition coefficient (Wildman–Crippen LogP) is 6.42. The Bertz CT molecular complexity index is 695. The smallest absolute Gasteiger partial charge is 0.119 e. The Morgan fingerprint density at radius 2 is 2.14 bits per heavy atom. The largest absolute Gasteiger partial charge is 0.411 e. The molecule has 0 radical (unpaired) electrons. The van der Waals surface area contributed by atoms with Crippen molar-refractivity contribution in [3.63, 3.8) is 0 Å². The van der Waals surface area contributed by atoms with Crippen LogP contribution in [0.4, 0.5) is 0 Å². The highest BCUT2D eigenvalue weighted by Gasteiger charge is 2.59. The minimum atomic E-state index is 0.411. The number of nitrogens with zero attached hydrogens (tertiary/aromatic N) is 1. The molecule has 160 valence electrons. The van der Waals surface area contributed by atoms with Crippen LogP contribution in [0.3, 0.4) is 0 Å². The summed E-state index contributed by atoms with van der Waals surface area (Å²) in [6.45, 7) is 9.13. The molecule has 3 heteroatoms. The van der Waals surface area contributed by atoms with Crippen molar-refractivity contribution >= 4 is 12.0 Å². The summed E-state index contributed by atoms with van der Waals surface area (Å²) in [6, 6.07) is 0. The van der Waals surface area contributed by atoms with Crippen molar-refractivity contribution in [1.82, 2.24) is 0 Å². The maximum atomic E-state index is 11.0. The van der Waals surface area contributed by atoms with Crippen molar-refractivity contribution in [2.45, 2.75) is 78.1 Å². The van der Waals surface area contributed by atoms with E-state index in [0.717, 1.165) is 67.3 Å². The van der Waals surface area contributed by atoms with Crippen LogP contribution in [0.5, 0.6) is 0 Å². The van der Waals surface area contributed by atoms with Crippen LogP contribution in [0.2, 0.25) is 0 Å². The van der Waals surface area contributed by atoms with Crippen LogP contribution in [0.1, 0.15) is 78.1 Å². The molecule has 0 aromatic rings. The van der Waals surface area contributed by atoms with E-state index in [-0.39, 0.29) is 0 Å². The molecule has 3 saturated carbocycles. The zero-order valence-corrected chi connectivity index (χ0v) is 18.4. The number of carbonyl (C=O) groups is 1. The van der Waals surface area contributed by atoms with Gasteiger partial charge in [-0.2, -0.15) is 0 Å². The van der Waals surface area contributed by atoms with E-state index >= 15 is 0 Å². The number of hydrogen-bond acceptors (Lipinski definition) is 3. The maximum absolute atomic E-state index is 11.0. The van der Waals surface area contributed by atoms with Gasteiger partial charge in [0.1, 0.15) is 6.29 Å². The van der Waals surface area contributed by atoms with E-state index in [1.165, 1.54) is 37.7 Å². The second-order valence-corrected chi connectivity index (χ2v) is 10.5. The van der Waals surface area contributed by atoms with Gasteiger partial charge in [0, 0.05) is 6.42 Å². The zero-order valence-electron chi connectivity index (χ0n) is 18.4. The average Bonchev–Trinajstić information content (AvgIpc) is 3.47. The van der Waals surface area contributed by atoms with Crippen LogP contribution >= 0.6 is 0 Å². The van der Waals surface area contributed by atoms with Crippen LogP contribution in [-0.2, 0) is 4.79 Å². The third-order valence-electron chi connectivity index (χ3n) is 9.38. The third kappa shape index (κ3) is 3.64. The van der Waals surface area contributed by atoms with E-state index in [1.807, 2.05) is 0 Å². The minimum Gasteiger partial charge on any atom is -0.411 e. The molecule has 4 rings (SSSR count). The number of rotatable bonds is 7. The lowest BCUT2D eigenvalue weighted by Crippen LogP contribution is -2.51. The maximum Gasteiger partial charge on any atom is 0.119 e. The van der Waals surface area contributed by atoms with E-state index in [0.29, 0.717) is 23.7 Å². The lowest BCUT2D eigenvalue weighted by atomic mass is 9.46. The van der Waals surface area contributed by atoms with E-state index in [1.54, 1.807) is 0 Å². The Kier molecular flexibility index (Phi) is 6.04. The highest BCUT2D eigenvalue weighted by molar-refractivity contribution is 5.96. The fourth-order valence-corrected chi connectivity index (χ4v) is 7.86. The summed E-state index contributed by atoms with van der Waals surface area (Å²) in [4.78, 5) is 11.0. The Hall–Kier alpha value is -1.38. The van der Waals surface area contributed by atoms with E-state index in [9.17, 15) is 10.0 Å². The molecule has 8 unspecified atom stereocenters. The van der Waals surface area contributed by atoms with Gasteiger partial charge in [0.25, 0.3) is 0 Å². The van der Waals surface area contributed by atoms with Gasteiger partial charge in [-0.15, -0.1) is 6.58 Å². The summed E-state index contributed by atoms with van der Waals surface area (Å²) < 4.78 is 0. The number of oxime groups is 1. The first-order valence-electron chi connectivity index (χ1n) is 12.1. The summed E-state index contributed by atoms with van der Waals surface area (Å²) in [6.07, 6.45) is 17.0. The molecule has 4 aliphatic rings. The van der Waals surface area contributed by atoms with Gasteiger partial charge in [-0.3, -0.25) is 0 Å². The van der Waals surface area contributed by atoms with Gasteiger partial charge in [0.2, 0.25) is 0 Å². The summed E-state index contributed by atoms with van der Waals surface area (Å²) >= 11 is 0. The van der Waals surface area contributed by atoms with Gasteiger partial charge in [0.05, 0.1) is 5.71 Å². The van der Waals surface area contributed by atoms with Crippen molar-refractivity contribution in [1.29, 1.82) is 0 Å². The second-order valence-electron chi connectivity index (χ2n) is 10.5. The second kappa shape index (κ2) is 8.40. The number of hydrogen-bond donors (Lipinski definition) is 1. The van der Waals surface area contributed by atoms with Crippen LogP contribution in [0.15, 0.2) is 29.5 Å². The lowest BCUT2D eigenvalue weighted by Gasteiger charge is -2.59. The molecular formula is C26H39NO2. The lowest BCUT2D eigenvalue weighted by molar-refractivity contribution is -0.108. The normalized spacial score (nSPS) is 45.1. The standard InChI is InChI=1S/C26H39NO2/c1-4-18-15-19-16-20(27-29)8-9-21(19)22-10-12-26(5-2,11-6-7-13-28)25(24(18)22)23-14-17(23)3/h4,13,16-18,21-25,29H,1,5-12,14-15H2,2-3H3/b27-20+. The quantitative estimate of drug-likeness (QED) is 0.177. The average molecular weight is 398 g/mol. The van der Waals surface area contributed by atoms with Crippen LogP contribution in [0.25, 0.3) is 0 Å². The molecule has 1 N–H and O–H groups in total. The van der Waals surface area contributed by atoms with Crippen LogP contribution in [0, 0.1) is 46.8 Å². The molecule has 0 spiro atoms. The minimum absolute atomic E-state index is 0.411. The van der Waals surface area contributed by atoms with Crippen molar-refractivity contribution in [3.05, 3.63) is 24.3 Å². The number of aldehydes is 1. The molecule has 29 heavy (non-hydrogen) atoms. The number of unbranched alkanes of at least 4 members (excludes halogenated alkanes) is 1. The Morgan fingerprint density at radius 1 is 1.34 bits per heavy atom. The molecule has 4 aliphatic carbocycles. The van der Waals surface area contributed by atoms with Crippen LogP contribution < -0.4 is 0 Å². The Morgan fingerprint density at radius 3 is 2.76 bits per heavy atom. The molecule has 0 aromatic heterocycles. The molecule has 8 atom stereocenters. The van der Waals surface area contributed by atoms with Gasteiger partial charge in [-0.1, -0.05) is 37.1 Å². The molecule has 0 heterocycles. The number of carbonyl (C=O) groups excluding carboxylic acids is 1. The topological polar surface area (TPSA) is 49.7 Å². The third-order valence-corrected chi connectivity index (χ3v) is 9.38. The van der Waals surface area contributed by atoms with E-state index in [2.05, 4.69) is 37.7 Å². The first kappa shape index (κ1) is 20.9. The predicted molar refractivity (Wildman–Crippen MR) is 118 cm³/mol. The molecule has 0 saturated heterocycles. The molecule has 0 aliphatic heterocycles. The van der Waals surface area contributed by atoms with Crippen molar-refractivity contribution in [2.24, 2.45) is 52.0 Å². The molecule has 3 nitrogen and oxygen atoms in total. The fraction of sp³-hybridized carbons (Fsp3) is 0.769. The Labute approximate surface area is 176 Å². The molecular weight excluding hydrogens is 358 g/mol. The number of fused-ring (bicyclic) bond motifs is 3.